The summed E-state index contributed by atoms with van der Waals surface area (Å²) in [6.07, 6.45) is 18.4. The Morgan fingerprint density at radius 3 is 1.56 bits per heavy atom. The van der Waals surface area contributed by atoms with Crippen LogP contribution in [0.25, 0.3) is 0 Å². The van der Waals surface area contributed by atoms with Crippen molar-refractivity contribution in [2.45, 2.75) is 162 Å². The van der Waals surface area contributed by atoms with E-state index in [9.17, 15) is 9.59 Å². The second kappa shape index (κ2) is 18.5. The Hall–Kier alpha value is -0.900. The van der Waals surface area contributed by atoms with Gasteiger partial charge in [-0.1, -0.05) is 90.9 Å². The van der Waals surface area contributed by atoms with Crippen molar-refractivity contribution in [1.82, 2.24) is 0 Å². The monoisotopic (exact) mass is 454 g/mol. The molecular formula is C28H54O4. The van der Waals surface area contributed by atoms with Crippen molar-refractivity contribution >= 4 is 11.8 Å². The molecule has 4 heteroatoms. The lowest BCUT2D eigenvalue weighted by atomic mass is 9.97. The maximum atomic E-state index is 12.6. The summed E-state index contributed by atoms with van der Waals surface area (Å²) < 4.78 is 11.6. The molecule has 0 amide bonds. The number of Topliss-reactive ketones (excluding diaryl/α,β-unsaturated/α-hetero) is 1. The number of hydrogen-bond acceptors (Lipinski definition) is 4. The molecule has 0 saturated heterocycles. The standard InChI is InChI=1S/C28H54O4/c1-7-9-11-13-15-17-19-21-25(29)28(5,6)31-24-23-27(3,4)32-26(30)22-20-18-16-14-12-10-8-2/h7-24H2,1-6H3. The summed E-state index contributed by atoms with van der Waals surface area (Å²) >= 11 is 0. The van der Waals surface area contributed by atoms with Gasteiger partial charge in [0.25, 0.3) is 0 Å². The molecule has 0 N–H and O–H groups in total. The van der Waals surface area contributed by atoms with Crippen LogP contribution in [0.15, 0.2) is 0 Å². The smallest absolute Gasteiger partial charge is 0.306 e. The minimum absolute atomic E-state index is 0.127. The minimum Gasteiger partial charge on any atom is -0.460 e. The van der Waals surface area contributed by atoms with Gasteiger partial charge in [0.05, 0.1) is 6.61 Å². The van der Waals surface area contributed by atoms with Crippen LogP contribution in [-0.4, -0.2) is 29.6 Å². The van der Waals surface area contributed by atoms with Gasteiger partial charge in [-0.05, 0) is 40.5 Å². The minimum atomic E-state index is -0.778. The van der Waals surface area contributed by atoms with E-state index in [-0.39, 0.29) is 11.8 Å². The molecule has 0 aliphatic heterocycles. The van der Waals surface area contributed by atoms with E-state index >= 15 is 0 Å². The van der Waals surface area contributed by atoms with E-state index in [0.717, 1.165) is 25.7 Å². The maximum Gasteiger partial charge on any atom is 0.306 e. The zero-order valence-corrected chi connectivity index (χ0v) is 22.4. The molecule has 0 atom stereocenters. The third-order valence-corrected chi connectivity index (χ3v) is 6.22. The van der Waals surface area contributed by atoms with Gasteiger partial charge in [0, 0.05) is 19.3 Å². The largest absolute Gasteiger partial charge is 0.460 e. The first kappa shape index (κ1) is 31.1. The van der Waals surface area contributed by atoms with Gasteiger partial charge < -0.3 is 9.47 Å². The van der Waals surface area contributed by atoms with Crippen LogP contribution in [0.4, 0.5) is 0 Å². The van der Waals surface area contributed by atoms with E-state index in [0.29, 0.717) is 25.9 Å². The van der Waals surface area contributed by atoms with Gasteiger partial charge in [0.15, 0.2) is 5.78 Å². The first-order valence-corrected chi connectivity index (χ1v) is 13.5. The lowest BCUT2D eigenvalue weighted by Crippen LogP contribution is -2.37. The molecule has 32 heavy (non-hydrogen) atoms. The zero-order valence-electron chi connectivity index (χ0n) is 22.4. The SMILES string of the molecule is CCCCCCCCCC(=O)OC(C)(C)CCOC(C)(C)C(=O)CCCCCCCCC. The number of unbranched alkanes of at least 4 members (excludes halogenated alkanes) is 12. The molecule has 0 aliphatic rings. The van der Waals surface area contributed by atoms with E-state index in [1.807, 2.05) is 27.7 Å². The van der Waals surface area contributed by atoms with Crippen LogP contribution < -0.4 is 0 Å². The van der Waals surface area contributed by atoms with Gasteiger partial charge in [-0.25, -0.2) is 0 Å². The predicted octanol–water partition coefficient (Wildman–Crippen LogP) is 8.34. The van der Waals surface area contributed by atoms with Crippen LogP contribution in [-0.2, 0) is 19.1 Å². The van der Waals surface area contributed by atoms with Gasteiger partial charge >= 0.3 is 5.97 Å². The highest BCUT2D eigenvalue weighted by atomic mass is 16.6. The average Bonchev–Trinajstić information content (AvgIpc) is 2.71. The Morgan fingerprint density at radius 1 is 0.625 bits per heavy atom. The molecule has 4 nitrogen and oxygen atoms in total. The summed E-state index contributed by atoms with van der Waals surface area (Å²) in [6.45, 7) is 12.4. The average molecular weight is 455 g/mol. The Morgan fingerprint density at radius 2 is 1.06 bits per heavy atom. The summed E-state index contributed by atoms with van der Waals surface area (Å²) in [5.74, 6) is 0.0395. The normalized spacial score (nSPS) is 12.2. The molecule has 0 fully saturated rings. The highest BCUT2D eigenvalue weighted by Crippen LogP contribution is 2.21. The summed E-state index contributed by atoms with van der Waals surface area (Å²) in [7, 11) is 0. The molecule has 0 rings (SSSR count). The summed E-state index contributed by atoms with van der Waals surface area (Å²) in [6, 6.07) is 0. The highest BCUT2D eigenvalue weighted by Gasteiger charge is 2.29. The fourth-order valence-corrected chi connectivity index (χ4v) is 3.81. The molecule has 0 aromatic heterocycles. The Balaban J connectivity index is 3.99. The number of carbonyl (C=O) groups excluding carboxylic acids is 2. The topological polar surface area (TPSA) is 52.6 Å². The van der Waals surface area contributed by atoms with Crippen molar-refractivity contribution in [3.63, 3.8) is 0 Å². The molecule has 0 unspecified atom stereocenters. The van der Waals surface area contributed by atoms with Crippen molar-refractivity contribution in [3.05, 3.63) is 0 Å². The van der Waals surface area contributed by atoms with Gasteiger partial charge in [-0.15, -0.1) is 0 Å². The molecule has 0 bridgehead atoms. The zero-order chi connectivity index (χ0) is 24.3. The number of hydrogen-bond donors (Lipinski definition) is 0. The number of ether oxygens (including phenoxy) is 2. The molecule has 0 heterocycles. The first-order chi connectivity index (χ1) is 15.1. The lowest BCUT2D eigenvalue weighted by molar-refractivity contribution is -0.161. The van der Waals surface area contributed by atoms with Gasteiger partial charge in [-0.2, -0.15) is 0 Å². The van der Waals surface area contributed by atoms with Crippen LogP contribution in [0, 0.1) is 0 Å². The maximum absolute atomic E-state index is 12.6. The second-order valence-electron chi connectivity index (χ2n) is 10.5. The van der Waals surface area contributed by atoms with Crippen molar-refractivity contribution < 1.29 is 19.1 Å². The van der Waals surface area contributed by atoms with E-state index in [4.69, 9.17) is 9.47 Å². The van der Waals surface area contributed by atoms with E-state index in [2.05, 4.69) is 13.8 Å². The summed E-state index contributed by atoms with van der Waals surface area (Å²) in [5, 5.41) is 0. The molecule has 0 aromatic rings. The van der Waals surface area contributed by atoms with E-state index in [1.165, 1.54) is 64.2 Å². The number of ketones is 1. The van der Waals surface area contributed by atoms with E-state index in [1.54, 1.807) is 0 Å². The third-order valence-electron chi connectivity index (χ3n) is 6.22. The van der Waals surface area contributed by atoms with Crippen molar-refractivity contribution in [3.8, 4) is 0 Å². The van der Waals surface area contributed by atoms with Gasteiger partial charge in [-0.3, -0.25) is 9.59 Å². The molecule has 0 saturated carbocycles. The first-order valence-electron chi connectivity index (χ1n) is 13.5. The fourth-order valence-electron chi connectivity index (χ4n) is 3.81. The number of rotatable bonds is 22. The number of carbonyl (C=O) groups is 2. The van der Waals surface area contributed by atoms with Crippen molar-refractivity contribution in [1.29, 1.82) is 0 Å². The summed E-state index contributed by atoms with van der Waals surface area (Å²) in [5.41, 5.74) is -1.35. The molecule has 0 radical (unpaired) electrons. The van der Waals surface area contributed by atoms with Crippen LogP contribution in [0.3, 0.4) is 0 Å². The van der Waals surface area contributed by atoms with Crippen LogP contribution in [0.5, 0.6) is 0 Å². The molecule has 0 spiro atoms. The van der Waals surface area contributed by atoms with Crippen LogP contribution >= 0.6 is 0 Å². The van der Waals surface area contributed by atoms with Crippen LogP contribution in [0.1, 0.15) is 151 Å². The van der Waals surface area contributed by atoms with Crippen LogP contribution in [0.2, 0.25) is 0 Å². The van der Waals surface area contributed by atoms with Crippen molar-refractivity contribution in [2.75, 3.05) is 6.61 Å². The molecule has 0 aliphatic carbocycles. The Kier molecular flexibility index (Phi) is 18.0. The van der Waals surface area contributed by atoms with Gasteiger partial charge in [0.1, 0.15) is 11.2 Å². The lowest BCUT2D eigenvalue weighted by Gasteiger charge is -2.29. The Bertz CT molecular complexity index is 482. The number of esters is 1. The quantitative estimate of drug-likeness (QED) is 0.122. The molecular weight excluding hydrogens is 400 g/mol. The molecule has 0 aromatic carbocycles. The molecule has 190 valence electrons. The van der Waals surface area contributed by atoms with Crippen molar-refractivity contribution in [2.24, 2.45) is 0 Å². The van der Waals surface area contributed by atoms with E-state index < -0.39 is 11.2 Å². The predicted molar refractivity (Wildman–Crippen MR) is 135 cm³/mol. The summed E-state index contributed by atoms with van der Waals surface area (Å²) in [4.78, 5) is 24.7. The highest BCUT2D eigenvalue weighted by molar-refractivity contribution is 5.86. The second-order valence-corrected chi connectivity index (χ2v) is 10.5. The third kappa shape index (κ3) is 17.6. The van der Waals surface area contributed by atoms with Gasteiger partial charge in [0.2, 0.25) is 0 Å². The Labute approximate surface area is 199 Å². The fraction of sp³-hybridized carbons (Fsp3) is 0.929.